The lowest BCUT2D eigenvalue weighted by Crippen LogP contribution is -2.54. The second kappa shape index (κ2) is 8.37. The number of halogens is 6. The third-order valence-electron chi connectivity index (χ3n) is 4.86. The number of rotatable bonds is 5. The fraction of sp³-hybridized carbons (Fsp3) is 0.632. The maximum atomic E-state index is 13.2. The molecule has 1 aliphatic rings. The topological polar surface area (TPSA) is 40.5 Å². The van der Waals surface area contributed by atoms with Crippen LogP contribution in [-0.2, 0) is 10.4 Å². The van der Waals surface area contributed by atoms with Crippen molar-refractivity contribution in [2.45, 2.75) is 68.1 Å². The Labute approximate surface area is 169 Å². The van der Waals surface area contributed by atoms with Crippen LogP contribution in [0.25, 0.3) is 0 Å². The number of carbonyl (C=O) groups excluding carboxylic acids is 1. The normalized spacial score (nSPS) is 18.2. The van der Waals surface area contributed by atoms with Gasteiger partial charge in [0.05, 0.1) is 5.69 Å². The molecule has 1 amide bonds. The maximum Gasteiger partial charge on any atom is 0.430 e. The quantitative estimate of drug-likeness (QED) is 0.598. The Morgan fingerprint density at radius 2 is 1.79 bits per heavy atom. The average molecular weight is 443 g/mol. The Morgan fingerprint density at radius 3 is 2.28 bits per heavy atom. The van der Waals surface area contributed by atoms with E-state index in [1.54, 1.807) is 0 Å². The van der Waals surface area contributed by atoms with Crippen molar-refractivity contribution >= 4 is 23.4 Å². The van der Waals surface area contributed by atoms with E-state index in [1.165, 1.54) is 4.90 Å². The fourth-order valence-corrected chi connectivity index (χ4v) is 4.30. The standard InChI is InChI=1S/C19H23F6NO2S/c1-4-13-10-26(16(27)8-5-11(2)3)14-7-6-12(9-15(14)29-13)17(28,18(20,21)22)19(23,24)25/h6-7,9,11,13,28H,4-5,8,10H2,1-3H3. The smallest absolute Gasteiger partial charge is 0.369 e. The van der Waals surface area contributed by atoms with E-state index >= 15 is 0 Å². The van der Waals surface area contributed by atoms with Crippen LogP contribution in [0.15, 0.2) is 23.1 Å². The van der Waals surface area contributed by atoms with Crippen LogP contribution in [0.2, 0.25) is 0 Å². The minimum absolute atomic E-state index is 0.116. The highest BCUT2D eigenvalue weighted by Gasteiger charge is 2.71. The van der Waals surface area contributed by atoms with Crippen molar-refractivity contribution in [3.63, 3.8) is 0 Å². The molecule has 1 aliphatic heterocycles. The number of hydrogen-bond acceptors (Lipinski definition) is 3. The van der Waals surface area contributed by atoms with E-state index in [4.69, 9.17) is 0 Å². The maximum absolute atomic E-state index is 13.2. The van der Waals surface area contributed by atoms with Gasteiger partial charge in [-0.15, -0.1) is 11.8 Å². The SMILES string of the molecule is CCC1CN(C(=O)CCC(C)C)c2ccc(C(O)(C(F)(F)F)C(F)(F)F)cc2S1. The third kappa shape index (κ3) is 4.68. The number of benzene rings is 1. The van der Waals surface area contributed by atoms with E-state index in [0.29, 0.717) is 31.5 Å². The Hall–Kier alpha value is -1.42. The summed E-state index contributed by atoms with van der Waals surface area (Å²) in [4.78, 5) is 14.2. The summed E-state index contributed by atoms with van der Waals surface area (Å²) in [5, 5.41) is 9.49. The lowest BCUT2D eigenvalue weighted by atomic mass is 9.92. The van der Waals surface area contributed by atoms with Gasteiger partial charge in [-0.1, -0.05) is 26.8 Å². The first kappa shape index (κ1) is 23.9. The summed E-state index contributed by atoms with van der Waals surface area (Å²) in [6.07, 6.45) is -10.5. The summed E-state index contributed by atoms with van der Waals surface area (Å²) in [6.45, 7) is 6.05. The highest BCUT2D eigenvalue weighted by molar-refractivity contribution is 8.00. The molecular formula is C19H23F6NO2S. The van der Waals surface area contributed by atoms with Gasteiger partial charge in [-0.2, -0.15) is 26.3 Å². The number of anilines is 1. The summed E-state index contributed by atoms with van der Waals surface area (Å²) in [7, 11) is 0. The highest BCUT2D eigenvalue weighted by Crippen LogP contribution is 2.52. The Morgan fingerprint density at radius 1 is 1.21 bits per heavy atom. The first-order chi connectivity index (χ1) is 13.2. The first-order valence-electron chi connectivity index (χ1n) is 9.19. The van der Waals surface area contributed by atoms with Crippen molar-refractivity contribution in [1.29, 1.82) is 0 Å². The van der Waals surface area contributed by atoms with Gasteiger partial charge in [0.15, 0.2) is 0 Å². The van der Waals surface area contributed by atoms with Crippen molar-refractivity contribution in [1.82, 2.24) is 0 Å². The predicted molar refractivity (Wildman–Crippen MR) is 98.8 cm³/mol. The van der Waals surface area contributed by atoms with E-state index in [2.05, 4.69) is 0 Å². The van der Waals surface area contributed by atoms with Gasteiger partial charge in [0.1, 0.15) is 0 Å². The number of amides is 1. The largest absolute Gasteiger partial charge is 0.430 e. The zero-order valence-corrected chi connectivity index (χ0v) is 17.0. The molecule has 1 aromatic carbocycles. The first-order valence-corrected chi connectivity index (χ1v) is 10.1. The number of hydrogen-bond donors (Lipinski definition) is 1. The second-order valence-corrected chi connectivity index (χ2v) is 8.82. The molecule has 0 aromatic heterocycles. The molecule has 0 saturated carbocycles. The van der Waals surface area contributed by atoms with E-state index < -0.39 is 23.5 Å². The van der Waals surface area contributed by atoms with Crippen LogP contribution in [0.3, 0.4) is 0 Å². The molecule has 0 radical (unpaired) electrons. The number of aliphatic hydroxyl groups is 1. The zero-order chi connectivity index (χ0) is 22.2. The second-order valence-electron chi connectivity index (χ2n) is 7.47. The summed E-state index contributed by atoms with van der Waals surface area (Å²) in [5.41, 5.74) is -6.03. The Balaban J connectivity index is 2.51. The number of fused-ring (bicyclic) bond motifs is 1. The molecule has 0 saturated heterocycles. The molecule has 0 fully saturated rings. The van der Waals surface area contributed by atoms with Crippen molar-refractivity contribution in [3.05, 3.63) is 23.8 Å². The molecule has 1 atom stereocenters. The summed E-state index contributed by atoms with van der Waals surface area (Å²) < 4.78 is 79.2. The van der Waals surface area contributed by atoms with Gasteiger partial charge in [0.25, 0.3) is 5.60 Å². The van der Waals surface area contributed by atoms with Crippen LogP contribution in [0.1, 0.15) is 45.6 Å². The van der Waals surface area contributed by atoms with Gasteiger partial charge in [0.2, 0.25) is 5.91 Å². The van der Waals surface area contributed by atoms with E-state index in [9.17, 15) is 36.2 Å². The zero-order valence-electron chi connectivity index (χ0n) is 16.2. The van der Waals surface area contributed by atoms with Crippen LogP contribution < -0.4 is 4.90 Å². The van der Waals surface area contributed by atoms with Crippen molar-refractivity contribution in [2.24, 2.45) is 5.92 Å². The van der Waals surface area contributed by atoms with Crippen molar-refractivity contribution in [2.75, 3.05) is 11.4 Å². The molecule has 0 aliphatic carbocycles. The van der Waals surface area contributed by atoms with Crippen molar-refractivity contribution in [3.8, 4) is 0 Å². The lowest BCUT2D eigenvalue weighted by molar-refractivity contribution is -0.376. The van der Waals surface area contributed by atoms with Crippen LogP contribution in [0.5, 0.6) is 0 Å². The van der Waals surface area contributed by atoms with Crippen LogP contribution in [0, 0.1) is 5.92 Å². The van der Waals surface area contributed by atoms with Crippen LogP contribution >= 0.6 is 11.8 Å². The summed E-state index contributed by atoms with van der Waals surface area (Å²) >= 11 is 1.11. The Kier molecular flexibility index (Phi) is 6.89. The molecule has 3 nitrogen and oxygen atoms in total. The molecule has 1 heterocycles. The van der Waals surface area contributed by atoms with E-state index in [1.807, 2.05) is 20.8 Å². The van der Waals surface area contributed by atoms with Crippen LogP contribution in [-0.4, -0.2) is 35.2 Å². The van der Waals surface area contributed by atoms with Gasteiger partial charge in [0, 0.05) is 28.7 Å². The minimum atomic E-state index is -5.95. The molecule has 0 spiro atoms. The molecule has 1 aromatic rings. The number of alkyl halides is 6. The predicted octanol–water partition coefficient (Wildman–Crippen LogP) is 5.65. The van der Waals surface area contributed by atoms with Gasteiger partial charge >= 0.3 is 12.4 Å². The summed E-state index contributed by atoms with van der Waals surface area (Å²) in [5.74, 6) is 0.0452. The third-order valence-corrected chi connectivity index (χ3v) is 6.26. The fourth-order valence-electron chi connectivity index (χ4n) is 3.06. The number of nitrogens with zero attached hydrogens (tertiary/aromatic N) is 1. The molecular weight excluding hydrogens is 420 g/mol. The molecule has 10 heteroatoms. The highest BCUT2D eigenvalue weighted by atomic mass is 32.2. The van der Waals surface area contributed by atoms with E-state index in [0.717, 1.165) is 17.8 Å². The monoisotopic (exact) mass is 443 g/mol. The number of carbonyl (C=O) groups is 1. The minimum Gasteiger partial charge on any atom is -0.369 e. The molecule has 1 N–H and O–H groups in total. The lowest BCUT2D eigenvalue weighted by Gasteiger charge is -2.37. The molecule has 29 heavy (non-hydrogen) atoms. The molecule has 2 rings (SSSR count). The van der Waals surface area contributed by atoms with Gasteiger partial charge in [-0.05, 0) is 30.9 Å². The van der Waals surface area contributed by atoms with Gasteiger partial charge in [-0.3, -0.25) is 4.79 Å². The van der Waals surface area contributed by atoms with Gasteiger partial charge < -0.3 is 10.0 Å². The van der Waals surface area contributed by atoms with Gasteiger partial charge in [-0.25, -0.2) is 0 Å². The van der Waals surface area contributed by atoms with E-state index in [-0.39, 0.29) is 34.1 Å². The molecule has 164 valence electrons. The molecule has 1 unspecified atom stereocenters. The summed E-state index contributed by atoms with van der Waals surface area (Å²) in [6, 6.07) is 2.35. The average Bonchev–Trinajstić information content (AvgIpc) is 2.61. The van der Waals surface area contributed by atoms with Crippen molar-refractivity contribution < 1.29 is 36.2 Å². The Bertz CT molecular complexity index is 733. The molecule has 0 bridgehead atoms. The number of thioether (sulfide) groups is 1. The van der Waals surface area contributed by atoms with Crippen LogP contribution in [0.4, 0.5) is 32.0 Å².